The summed E-state index contributed by atoms with van der Waals surface area (Å²) >= 11 is 5.79. The number of nitrogens with two attached hydrogens (primary N) is 1. The lowest BCUT2D eigenvalue weighted by Crippen LogP contribution is -1.97. The number of rotatable bonds is 3. The Morgan fingerprint density at radius 3 is 2.47 bits per heavy atom. The van der Waals surface area contributed by atoms with Gasteiger partial charge < -0.3 is 11.1 Å². The molecule has 0 fully saturated rings. The summed E-state index contributed by atoms with van der Waals surface area (Å²) < 4.78 is 0. The average Bonchev–Trinajstić information content (AvgIpc) is 2.35. The van der Waals surface area contributed by atoms with Crippen molar-refractivity contribution in [1.82, 2.24) is 0 Å². The van der Waals surface area contributed by atoms with Crippen LogP contribution in [-0.2, 0) is 0 Å². The van der Waals surface area contributed by atoms with Crippen molar-refractivity contribution in [3.05, 3.63) is 53.1 Å². The van der Waals surface area contributed by atoms with E-state index in [4.69, 9.17) is 17.3 Å². The Balaban J connectivity index is 2.28. The number of anilines is 3. The minimum absolute atomic E-state index is 0.579. The molecule has 0 spiro atoms. The number of hydrogen-bond donors (Lipinski definition) is 2. The maximum absolute atomic E-state index is 10.7. The molecule has 0 radical (unpaired) electrons. The number of carbonyl (C=O) groups is 1. The van der Waals surface area contributed by atoms with Crippen LogP contribution in [0.4, 0.5) is 17.1 Å². The number of nitrogens with one attached hydrogen (secondary N) is 1. The second kappa shape index (κ2) is 4.89. The van der Waals surface area contributed by atoms with E-state index < -0.39 is 0 Å². The van der Waals surface area contributed by atoms with E-state index in [0.717, 1.165) is 12.0 Å². The highest BCUT2D eigenvalue weighted by atomic mass is 35.5. The smallest absolute Gasteiger partial charge is 0.150 e. The maximum Gasteiger partial charge on any atom is 0.150 e. The Kier molecular flexibility index (Phi) is 3.30. The molecule has 4 heteroatoms. The minimum atomic E-state index is 0.579. The third-order valence-electron chi connectivity index (χ3n) is 2.34. The molecule has 3 N–H and O–H groups in total. The van der Waals surface area contributed by atoms with Crippen LogP contribution in [-0.4, -0.2) is 6.29 Å². The molecule has 0 saturated carbocycles. The molecule has 86 valence electrons. The summed E-state index contributed by atoms with van der Waals surface area (Å²) in [6.45, 7) is 0. The molecular weight excluding hydrogens is 236 g/mol. The quantitative estimate of drug-likeness (QED) is 0.644. The van der Waals surface area contributed by atoms with E-state index in [9.17, 15) is 4.79 Å². The number of halogens is 1. The number of carbonyl (C=O) groups excluding carboxylic acids is 1. The zero-order valence-electron chi connectivity index (χ0n) is 8.98. The molecule has 0 heterocycles. The van der Waals surface area contributed by atoms with Crippen molar-refractivity contribution in [1.29, 1.82) is 0 Å². The van der Waals surface area contributed by atoms with Gasteiger partial charge in [0.2, 0.25) is 0 Å². The molecule has 2 aromatic rings. The monoisotopic (exact) mass is 246 g/mol. The van der Waals surface area contributed by atoms with Gasteiger partial charge in [-0.15, -0.1) is 0 Å². The zero-order chi connectivity index (χ0) is 12.3. The van der Waals surface area contributed by atoms with Crippen molar-refractivity contribution < 1.29 is 4.79 Å². The van der Waals surface area contributed by atoms with E-state index in [1.54, 1.807) is 30.3 Å². The van der Waals surface area contributed by atoms with Crippen LogP contribution < -0.4 is 11.1 Å². The number of hydrogen-bond acceptors (Lipinski definition) is 3. The van der Waals surface area contributed by atoms with Gasteiger partial charge in [0.05, 0.1) is 11.4 Å². The Bertz CT molecular complexity index is 538. The fourth-order valence-electron chi connectivity index (χ4n) is 1.44. The van der Waals surface area contributed by atoms with Gasteiger partial charge in [0.25, 0.3) is 0 Å². The van der Waals surface area contributed by atoms with Gasteiger partial charge in [-0.2, -0.15) is 0 Å². The molecule has 3 nitrogen and oxygen atoms in total. The van der Waals surface area contributed by atoms with Gasteiger partial charge in [-0.05, 0) is 42.5 Å². The first-order valence-electron chi connectivity index (χ1n) is 5.06. The third-order valence-corrected chi connectivity index (χ3v) is 2.59. The molecule has 0 aliphatic rings. The van der Waals surface area contributed by atoms with E-state index in [2.05, 4.69) is 5.32 Å². The molecule has 2 aromatic carbocycles. The van der Waals surface area contributed by atoms with Crippen molar-refractivity contribution >= 4 is 34.9 Å². The molecule has 2 rings (SSSR count). The van der Waals surface area contributed by atoms with Crippen molar-refractivity contribution in [2.24, 2.45) is 0 Å². The highest BCUT2D eigenvalue weighted by Gasteiger charge is 2.01. The van der Waals surface area contributed by atoms with E-state index in [0.29, 0.717) is 22.0 Å². The van der Waals surface area contributed by atoms with E-state index in [1.165, 1.54) is 0 Å². The van der Waals surface area contributed by atoms with Crippen LogP contribution in [0.1, 0.15) is 10.4 Å². The first-order chi connectivity index (χ1) is 8.19. The maximum atomic E-state index is 10.7. The topological polar surface area (TPSA) is 55.1 Å². The van der Waals surface area contributed by atoms with E-state index >= 15 is 0 Å². The highest BCUT2D eigenvalue weighted by molar-refractivity contribution is 6.30. The first kappa shape index (κ1) is 11.5. The Labute approximate surface area is 104 Å². The first-order valence-corrected chi connectivity index (χ1v) is 5.44. The van der Waals surface area contributed by atoms with Gasteiger partial charge in [0.15, 0.2) is 0 Å². The van der Waals surface area contributed by atoms with Gasteiger partial charge in [-0.1, -0.05) is 11.6 Å². The van der Waals surface area contributed by atoms with Crippen LogP contribution >= 0.6 is 11.6 Å². The molecule has 0 saturated heterocycles. The van der Waals surface area contributed by atoms with Crippen LogP contribution in [0.15, 0.2) is 42.5 Å². The molecule has 0 aliphatic carbocycles. The summed E-state index contributed by atoms with van der Waals surface area (Å²) in [5.74, 6) is 0. The number of nitrogen functional groups attached to an aromatic ring is 1. The summed E-state index contributed by atoms with van der Waals surface area (Å²) in [5, 5.41) is 3.80. The largest absolute Gasteiger partial charge is 0.397 e. The Hall–Kier alpha value is -2.00. The van der Waals surface area contributed by atoms with Gasteiger partial charge in [0, 0.05) is 16.3 Å². The van der Waals surface area contributed by atoms with Crippen LogP contribution in [0, 0.1) is 0 Å². The molecule has 0 aliphatic heterocycles. The van der Waals surface area contributed by atoms with Gasteiger partial charge >= 0.3 is 0 Å². The normalized spacial score (nSPS) is 9.94. The number of aldehydes is 1. The van der Waals surface area contributed by atoms with Gasteiger partial charge in [-0.3, -0.25) is 4.79 Å². The highest BCUT2D eigenvalue weighted by Crippen LogP contribution is 2.24. The molecule has 0 unspecified atom stereocenters. The molecule has 0 atom stereocenters. The van der Waals surface area contributed by atoms with Crippen LogP contribution in [0.3, 0.4) is 0 Å². The SMILES string of the molecule is Nc1ccc(C=O)cc1Nc1ccc(Cl)cc1. The molecule has 0 bridgehead atoms. The minimum Gasteiger partial charge on any atom is -0.397 e. The zero-order valence-corrected chi connectivity index (χ0v) is 9.74. The molecule has 0 amide bonds. The third kappa shape index (κ3) is 2.77. The van der Waals surface area contributed by atoms with E-state index in [-0.39, 0.29) is 0 Å². The Morgan fingerprint density at radius 2 is 1.82 bits per heavy atom. The Morgan fingerprint density at radius 1 is 1.12 bits per heavy atom. The van der Waals surface area contributed by atoms with Crippen molar-refractivity contribution in [3.63, 3.8) is 0 Å². The summed E-state index contributed by atoms with van der Waals surface area (Å²) in [7, 11) is 0. The standard InChI is InChI=1S/C13H11ClN2O/c14-10-2-4-11(5-3-10)16-13-7-9(8-17)1-6-12(13)15/h1-8,16H,15H2. The lowest BCUT2D eigenvalue weighted by atomic mass is 10.2. The van der Waals surface area contributed by atoms with Gasteiger partial charge in [0.1, 0.15) is 6.29 Å². The fraction of sp³-hybridized carbons (Fsp3) is 0. The summed E-state index contributed by atoms with van der Waals surface area (Å²) in [4.78, 5) is 10.7. The summed E-state index contributed by atoms with van der Waals surface area (Å²) in [6.07, 6.45) is 0.784. The second-order valence-electron chi connectivity index (χ2n) is 3.60. The van der Waals surface area contributed by atoms with Crippen LogP contribution in [0.2, 0.25) is 5.02 Å². The summed E-state index contributed by atoms with van der Waals surface area (Å²) in [6, 6.07) is 12.3. The lowest BCUT2D eigenvalue weighted by molar-refractivity contribution is 0.112. The summed E-state index contributed by atoms with van der Waals surface area (Å²) in [5.41, 5.74) is 8.56. The predicted octanol–water partition coefficient (Wildman–Crippen LogP) is 3.48. The number of benzene rings is 2. The molecule has 17 heavy (non-hydrogen) atoms. The molecule has 0 aromatic heterocycles. The lowest BCUT2D eigenvalue weighted by Gasteiger charge is -2.09. The average molecular weight is 247 g/mol. The van der Waals surface area contributed by atoms with Crippen molar-refractivity contribution in [3.8, 4) is 0 Å². The van der Waals surface area contributed by atoms with Crippen molar-refractivity contribution in [2.45, 2.75) is 0 Å². The van der Waals surface area contributed by atoms with Crippen LogP contribution in [0.5, 0.6) is 0 Å². The second-order valence-corrected chi connectivity index (χ2v) is 4.03. The predicted molar refractivity (Wildman–Crippen MR) is 71.0 cm³/mol. The van der Waals surface area contributed by atoms with E-state index in [1.807, 2.05) is 12.1 Å². The van der Waals surface area contributed by atoms with Crippen molar-refractivity contribution in [2.75, 3.05) is 11.1 Å². The van der Waals surface area contributed by atoms with Gasteiger partial charge in [-0.25, -0.2) is 0 Å². The van der Waals surface area contributed by atoms with Crippen LogP contribution in [0.25, 0.3) is 0 Å². The molecular formula is C13H11ClN2O. The fourth-order valence-corrected chi connectivity index (χ4v) is 1.57.